The van der Waals surface area contributed by atoms with E-state index in [1.165, 1.54) is 6.07 Å². The fourth-order valence-electron chi connectivity index (χ4n) is 1.27. The van der Waals surface area contributed by atoms with Crippen molar-refractivity contribution in [3.63, 3.8) is 0 Å². The van der Waals surface area contributed by atoms with Gasteiger partial charge < -0.3 is 5.32 Å². The summed E-state index contributed by atoms with van der Waals surface area (Å²) in [5.74, 6) is -0.247. The van der Waals surface area contributed by atoms with E-state index in [0.717, 1.165) is 13.8 Å². The molecule has 1 nitrogen and oxygen atoms in total. The van der Waals surface area contributed by atoms with Crippen LogP contribution >= 0.6 is 43.2 Å². The van der Waals surface area contributed by atoms with Crippen LogP contribution in [-0.2, 0) is 6.54 Å². The van der Waals surface area contributed by atoms with Crippen LogP contribution in [0.1, 0.15) is 5.56 Å². The van der Waals surface area contributed by atoms with Crippen LogP contribution in [0.3, 0.4) is 0 Å². The van der Waals surface area contributed by atoms with E-state index in [-0.39, 0.29) is 5.82 Å². The Labute approximate surface area is 114 Å². The largest absolute Gasteiger partial charge is 0.379 e. The Hall–Kier alpha value is -0.390. The van der Waals surface area contributed by atoms with Crippen LogP contribution in [-0.4, -0.2) is 0 Å². The standard InChI is InChI=1S/C11H8Br2FNS/c12-8-1-2-10(9(14)4-8)15-5-7-3-11(13)16-6-7/h1-4,6,15H,5H2. The third-order valence-corrected chi connectivity index (χ3v) is 4.08. The highest BCUT2D eigenvalue weighted by Crippen LogP contribution is 2.23. The highest BCUT2D eigenvalue weighted by Gasteiger charge is 2.03. The van der Waals surface area contributed by atoms with Crippen molar-refractivity contribution in [2.24, 2.45) is 0 Å². The van der Waals surface area contributed by atoms with Crippen LogP contribution < -0.4 is 5.32 Å². The molecule has 0 unspecified atom stereocenters. The molecule has 0 aliphatic heterocycles. The Bertz CT molecular complexity index is 498. The van der Waals surface area contributed by atoms with E-state index in [9.17, 15) is 4.39 Å². The number of benzene rings is 1. The number of rotatable bonds is 3. The predicted octanol–water partition coefficient (Wildman–Crippen LogP) is 5.02. The van der Waals surface area contributed by atoms with E-state index in [0.29, 0.717) is 12.2 Å². The molecule has 0 atom stereocenters. The first kappa shape index (κ1) is 12.1. The quantitative estimate of drug-likeness (QED) is 0.805. The topological polar surface area (TPSA) is 12.0 Å². The second kappa shape index (κ2) is 5.29. The monoisotopic (exact) mass is 363 g/mol. The summed E-state index contributed by atoms with van der Waals surface area (Å²) in [5.41, 5.74) is 1.66. The van der Waals surface area contributed by atoms with Crippen molar-refractivity contribution in [2.45, 2.75) is 6.54 Å². The van der Waals surface area contributed by atoms with Gasteiger partial charge in [-0.3, -0.25) is 0 Å². The Morgan fingerprint density at radius 2 is 2.06 bits per heavy atom. The Kier molecular flexibility index (Phi) is 4.00. The maximum atomic E-state index is 13.5. The lowest BCUT2D eigenvalue weighted by atomic mass is 10.3. The zero-order valence-corrected chi connectivity index (χ0v) is 12.1. The molecule has 0 saturated carbocycles. The lowest BCUT2D eigenvalue weighted by molar-refractivity contribution is 0.629. The minimum Gasteiger partial charge on any atom is -0.379 e. The van der Waals surface area contributed by atoms with Crippen LogP contribution in [0.2, 0.25) is 0 Å². The summed E-state index contributed by atoms with van der Waals surface area (Å²) >= 11 is 8.24. The van der Waals surface area contributed by atoms with Gasteiger partial charge in [-0.25, -0.2) is 4.39 Å². The fourth-order valence-corrected chi connectivity index (χ4v) is 2.81. The molecule has 0 fully saturated rings. The van der Waals surface area contributed by atoms with Crippen molar-refractivity contribution in [1.82, 2.24) is 0 Å². The van der Waals surface area contributed by atoms with Gasteiger partial charge in [0.15, 0.2) is 0 Å². The summed E-state index contributed by atoms with van der Waals surface area (Å²) in [6.07, 6.45) is 0. The van der Waals surface area contributed by atoms with Gasteiger partial charge in [0.2, 0.25) is 0 Å². The number of hydrogen-bond donors (Lipinski definition) is 1. The Morgan fingerprint density at radius 1 is 1.25 bits per heavy atom. The molecule has 0 radical (unpaired) electrons. The lowest BCUT2D eigenvalue weighted by Crippen LogP contribution is -2.00. The maximum Gasteiger partial charge on any atom is 0.147 e. The second-order valence-electron chi connectivity index (χ2n) is 3.24. The van der Waals surface area contributed by atoms with Crippen LogP contribution in [0.5, 0.6) is 0 Å². The molecule has 0 spiro atoms. The molecule has 1 heterocycles. The number of hydrogen-bond acceptors (Lipinski definition) is 2. The van der Waals surface area contributed by atoms with Gasteiger partial charge in [-0.2, -0.15) is 0 Å². The molecule has 0 aliphatic rings. The zero-order chi connectivity index (χ0) is 11.5. The Balaban J connectivity index is 2.04. The molecule has 1 aromatic heterocycles. The average molecular weight is 365 g/mol. The third-order valence-electron chi connectivity index (χ3n) is 2.04. The summed E-state index contributed by atoms with van der Waals surface area (Å²) in [6, 6.07) is 7.01. The van der Waals surface area contributed by atoms with E-state index in [4.69, 9.17) is 0 Å². The molecule has 2 rings (SSSR count). The molecule has 0 aliphatic carbocycles. The van der Waals surface area contributed by atoms with Gasteiger partial charge in [-0.1, -0.05) is 15.9 Å². The molecular formula is C11H8Br2FNS. The number of halogens is 3. The number of anilines is 1. The van der Waals surface area contributed by atoms with Crippen molar-refractivity contribution in [3.05, 3.63) is 49.3 Å². The van der Waals surface area contributed by atoms with Crippen molar-refractivity contribution >= 4 is 48.9 Å². The van der Waals surface area contributed by atoms with Crippen LogP contribution in [0.4, 0.5) is 10.1 Å². The minimum atomic E-state index is -0.247. The SMILES string of the molecule is Fc1cc(Br)ccc1NCc1csc(Br)c1. The van der Waals surface area contributed by atoms with Crippen molar-refractivity contribution < 1.29 is 4.39 Å². The Morgan fingerprint density at radius 3 is 2.69 bits per heavy atom. The zero-order valence-electron chi connectivity index (χ0n) is 8.14. The highest BCUT2D eigenvalue weighted by molar-refractivity contribution is 9.11. The van der Waals surface area contributed by atoms with Crippen LogP contribution in [0.15, 0.2) is 37.9 Å². The summed E-state index contributed by atoms with van der Waals surface area (Å²) in [5, 5.41) is 5.10. The van der Waals surface area contributed by atoms with Gasteiger partial charge in [0.25, 0.3) is 0 Å². The first-order valence-corrected chi connectivity index (χ1v) is 7.03. The third kappa shape index (κ3) is 3.06. The minimum absolute atomic E-state index is 0.247. The molecule has 1 N–H and O–H groups in total. The molecule has 84 valence electrons. The van der Waals surface area contributed by atoms with Gasteiger partial charge in [0, 0.05) is 11.0 Å². The van der Waals surface area contributed by atoms with E-state index >= 15 is 0 Å². The van der Waals surface area contributed by atoms with Crippen LogP contribution in [0.25, 0.3) is 0 Å². The molecule has 5 heteroatoms. The summed E-state index contributed by atoms with van der Waals surface area (Å²) in [6.45, 7) is 0.626. The first-order chi connectivity index (χ1) is 7.65. The summed E-state index contributed by atoms with van der Waals surface area (Å²) < 4.78 is 15.3. The van der Waals surface area contributed by atoms with Gasteiger partial charge in [-0.15, -0.1) is 11.3 Å². The molecule has 0 amide bonds. The fraction of sp³-hybridized carbons (Fsp3) is 0.0909. The van der Waals surface area contributed by atoms with Crippen LogP contribution in [0, 0.1) is 5.82 Å². The number of thiophene rings is 1. The second-order valence-corrected chi connectivity index (χ2v) is 6.44. The predicted molar refractivity (Wildman–Crippen MR) is 73.4 cm³/mol. The van der Waals surface area contributed by atoms with Crippen molar-refractivity contribution in [3.8, 4) is 0 Å². The van der Waals surface area contributed by atoms with Gasteiger partial charge >= 0.3 is 0 Å². The normalized spacial score (nSPS) is 10.4. The van der Waals surface area contributed by atoms with Crippen molar-refractivity contribution in [1.29, 1.82) is 0 Å². The van der Waals surface area contributed by atoms with Gasteiger partial charge in [0.1, 0.15) is 5.82 Å². The molecule has 2 aromatic rings. The smallest absolute Gasteiger partial charge is 0.147 e. The highest BCUT2D eigenvalue weighted by atomic mass is 79.9. The van der Waals surface area contributed by atoms with E-state index in [1.54, 1.807) is 17.4 Å². The first-order valence-electron chi connectivity index (χ1n) is 4.57. The van der Waals surface area contributed by atoms with E-state index in [1.807, 2.05) is 17.5 Å². The lowest BCUT2D eigenvalue weighted by Gasteiger charge is -2.06. The van der Waals surface area contributed by atoms with Crippen molar-refractivity contribution in [2.75, 3.05) is 5.32 Å². The maximum absolute atomic E-state index is 13.5. The average Bonchev–Trinajstić information content (AvgIpc) is 2.63. The molecular weight excluding hydrogens is 357 g/mol. The molecule has 16 heavy (non-hydrogen) atoms. The summed E-state index contributed by atoms with van der Waals surface area (Å²) in [4.78, 5) is 0. The molecule has 1 aromatic carbocycles. The molecule has 0 bridgehead atoms. The molecule has 0 saturated heterocycles. The van der Waals surface area contributed by atoms with E-state index < -0.39 is 0 Å². The number of nitrogens with one attached hydrogen (secondary N) is 1. The summed E-state index contributed by atoms with van der Waals surface area (Å²) in [7, 11) is 0. The van der Waals surface area contributed by atoms with Gasteiger partial charge in [0.05, 0.1) is 9.47 Å². The van der Waals surface area contributed by atoms with Gasteiger partial charge in [-0.05, 0) is 51.1 Å². The van der Waals surface area contributed by atoms with E-state index in [2.05, 4.69) is 37.2 Å².